The van der Waals surface area contributed by atoms with Crippen molar-refractivity contribution in [3.63, 3.8) is 0 Å². The normalized spacial score (nSPS) is 19.9. The van der Waals surface area contributed by atoms with Gasteiger partial charge in [-0.05, 0) is 34.2 Å². The number of nitrogens with zero attached hydrogens (tertiary/aromatic N) is 3. The van der Waals surface area contributed by atoms with Gasteiger partial charge in [-0.25, -0.2) is 0 Å². The molecule has 0 spiro atoms. The van der Waals surface area contributed by atoms with Crippen LogP contribution in [0.5, 0.6) is 0 Å². The Balaban J connectivity index is 0.00000625. The highest BCUT2D eigenvalue weighted by molar-refractivity contribution is 14.0. The van der Waals surface area contributed by atoms with Gasteiger partial charge in [-0.15, -0.1) is 24.0 Å². The van der Waals surface area contributed by atoms with Crippen LogP contribution in [0.3, 0.4) is 0 Å². The summed E-state index contributed by atoms with van der Waals surface area (Å²) in [7, 11) is 3.89. The van der Waals surface area contributed by atoms with Crippen molar-refractivity contribution >= 4 is 29.9 Å². The molecule has 0 aromatic rings. The number of aliphatic imine (C=N–C) groups is 1. The van der Waals surface area contributed by atoms with Crippen LogP contribution in [0.25, 0.3) is 0 Å². The fourth-order valence-electron chi connectivity index (χ4n) is 3.02. The minimum atomic E-state index is 0. The Bertz CT molecular complexity index is 373. The zero-order chi connectivity index (χ0) is 18.5. The van der Waals surface area contributed by atoms with Gasteiger partial charge in [0.25, 0.3) is 0 Å². The summed E-state index contributed by atoms with van der Waals surface area (Å²) in [5, 5.41) is 6.77. The molecular formula is C18H40IN5O2. The Morgan fingerprint density at radius 3 is 2.81 bits per heavy atom. The number of likely N-dealkylation sites (N-methyl/N-ethyl adjacent to an activating group) is 1. The Hall–Kier alpha value is -0.160. The molecule has 1 aliphatic heterocycles. The molecule has 0 bridgehead atoms. The smallest absolute Gasteiger partial charge is 0.191 e. The lowest BCUT2D eigenvalue weighted by Gasteiger charge is -2.37. The van der Waals surface area contributed by atoms with E-state index in [1.54, 1.807) is 7.11 Å². The average molecular weight is 485 g/mol. The third kappa shape index (κ3) is 10.9. The number of guanidine groups is 1. The maximum absolute atomic E-state index is 5.52. The molecule has 1 fully saturated rings. The second-order valence-corrected chi connectivity index (χ2v) is 6.81. The van der Waals surface area contributed by atoms with Crippen LogP contribution in [0.15, 0.2) is 4.99 Å². The molecule has 2 atom stereocenters. The van der Waals surface area contributed by atoms with E-state index in [1.807, 2.05) is 0 Å². The summed E-state index contributed by atoms with van der Waals surface area (Å²) in [6.07, 6.45) is 1.07. The van der Waals surface area contributed by atoms with Gasteiger partial charge in [-0.1, -0.05) is 0 Å². The van der Waals surface area contributed by atoms with E-state index in [1.165, 1.54) is 0 Å². The Kier molecular flexibility index (Phi) is 15.8. The molecule has 0 aromatic carbocycles. The highest BCUT2D eigenvalue weighted by atomic mass is 127. The summed E-state index contributed by atoms with van der Waals surface area (Å²) >= 11 is 0. The van der Waals surface area contributed by atoms with E-state index in [0.717, 1.165) is 71.5 Å². The largest absolute Gasteiger partial charge is 0.385 e. The quantitative estimate of drug-likeness (QED) is 0.199. The number of hydrogen-bond acceptors (Lipinski definition) is 5. The SMILES string of the molecule is CCNC(=NCC(C)N1CCOCC1C)NCCN(C)CCCOC.I. The number of rotatable bonds is 11. The van der Waals surface area contributed by atoms with Crippen LogP contribution in [0.2, 0.25) is 0 Å². The second-order valence-electron chi connectivity index (χ2n) is 6.81. The molecule has 1 heterocycles. The lowest BCUT2D eigenvalue weighted by atomic mass is 10.2. The molecular weight excluding hydrogens is 445 g/mol. The highest BCUT2D eigenvalue weighted by Gasteiger charge is 2.23. The van der Waals surface area contributed by atoms with Gasteiger partial charge >= 0.3 is 0 Å². The molecule has 2 unspecified atom stereocenters. The first-order valence-electron chi connectivity index (χ1n) is 9.61. The molecule has 0 radical (unpaired) electrons. The number of halogens is 1. The van der Waals surface area contributed by atoms with E-state index in [4.69, 9.17) is 14.5 Å². The molecule has 8 heteroatoms. The van der Waals surface area contributed by atoms with Crippen molar-refractivity contribution in [2.24, 2.45) is 4.99 Å². The van der Waals surface area contributed by atoms with Gasteiger partial charge in [0.2, 0.25) is 0 Å². The molecule has 1 aliphatic rings. The predicted molar refractivity (Wildman–Crippen MR) is 120 cm³/mol. The molecule has 1 saturated heterocycles. The molecule has 0 amide bonds. The fourth-order valence-corrected chi connectivity index (χ4v) is 3.02. The summed E-state index contributed by atoms with van der Waals surface area (Å²) in [6, 6.07) is 0.890. The van der Waals surface area contributed by atoms with Crippen molar-refractivity contribution in [1.29, 1.82) is 0 Å². The number of methoxy groups -OCH3 is 1. The standard InChI is InChI=1S/C18H39N5O2.HI/c1-6-19-18(20-8-10-22(4)9-7-12-24-5)21-14-16(2)23-11-13-25-15-17(23)3;/h16-17H,6-15H2,1-5H3,(H2,19,20,21);1H. The van der Waals surface area contributed by atoms with Gasteiger partial charge in [0.05, 0.1) is 19.8 Å². The van der Waals surface area contributed by atoms with Crippen LogP contribution in [0.4, 0.5) is 0 Å². The molecule has 156 valence electrons. The first kappa shape index (κ1) is 25.8. The molecule has 0 aromatic heterocycles. The van der Waals surface area contributed by atoms with E-state index in [-0.39, 0.29) is 24.0 Å². The molecule has 0 aliphatic carbocycles. The summed E-state index contributed by atoms with van der Waals surface area (Å²) in [5.74, 6) is 0.903. The van der Waals surface area contributed by atoms with Gasteiger partial charge in [-0.3, -0.25) is 9.89 Å². The first-order valence-corrected chi connectivity index (χ1v) is 9.61. The van der Waals surface area contributed by atoms with Gasteiger partial charge in [0.1, 0.15) is 0 Å². The minimum absolute atomic E-state index is 0. The summed E-state index contributed by atoms with van der Waals surface area (Å²) in [4.78, 5) is 9.57. The van der Waals surface area contributed by atoms with Crippen molar-refractivity contribution in [3.8, 4) is 0 Å². The maximum atomic E-state index is 5.52. The van der Waals surface area contributed by atoms with Crippen LogP contribution in [0.1, 0.15) is 27.2 Å². The van der Waals surface area contributed by atoms with Crippen LogP contribution >= 0.6 is 24.0 Å². The number of hydrogen-bond donors (Lipinski definition) is 2. The van der Waals surface area contributed by atoms with Crippen LogP contribution in [0, 0.1) is 0 Å². The molecule has 7 nitrogen and oxygen atoms in total. The Labute approximate surface area is 177 Å². The maximum Gasteiger partial charge on any atom is 0.191 e. The monoisotopic (exact) mass is 485 g/mol. The molecule has 0 saturated carbocycles. The number of morpholine rings is 1. The van der Waals surface area contributed by atoms with Crippen molar-refractivity contribution in [1.82, 2.24) is 20.4 Å². The van der Waals surface area contributed by atoms with E-state index in [0.29, 0.717) is 12.1 Å². The van der Waals surface area contributed by atoms with E-state index >= 15 is 0 Å². The lowest BCUT2D eigenvalue weighted by Crippen LogP contribution is -2.49. The van der Waals surface area contributed by atoms with Crippen LogP contribution in [-0.4, -0.2) is 101 Å². The second kappa shape index (κ2) is 15.9. The highest BCUT2D eigenvalue weighted by Crippen LogP contribution is 2.10. The summed E-state index contributed by atoms with van der Waals surface area (Å²) in [6.45, 7) is 14.6. The minimum Gasteiger partial charge on any atom is -0.385 e. The average Bonchev–Trinajstić information content (AvgIpc) is 2.60. The van der Waals surface area contributed by atoms with Crippen molar-refractivity contribution < 1.29 is 9.47 Å². The van der Waals surface area contributed by atoms with Gasteiger partial charge in [0.15, 0.2) is 5.96 Å². The van der Waals surface area contributed by atoms with E-state index in [2.05, 4.69) is 48.3 Å². The third-order valence-corrected chi connectivity index (χ3v) is 4.52. The number of ether oxygens (including phenoxy) is 2. The predicted octanol–water partition coefficient (Wildman–Crippen LogP) is 1.24. The topological polar surface area (TPSA) is 61.4 Å². The van der Waals surface area contributed by atoms with Crippen molar-refractivity contribution in [2.45, 2.75) is 39.3 Å². The van der Waals surface area contributed by atoms with E-state index in [9.17, 15) is 0 Å². The van der Waals surface area contributed by atoms with E-state index < -0.39 is 0 Å². The van der Waals surface area contributed by atoms with Crippen molar-refractivity contribution in [2.75, 3.05) is 73.2 Å². The van der Waals surface area contributed by atoms with Gasteiger partial charge < -0.3 is 25.0 Å². The summed E-state index contributed by atoms with van der Waals surface area (Å²) < 4.78 is 10.6. The van der Waals surface area contributed by atoms with Crippen LogP contribution in [-0.2, 0) is 9.47 Å². The Morgan fingerprint density at radius 1 is 1.38 bits per heavy atom. The summed E-state index contributed by atoms with van der Waals surface area (Å²) in [5.41, 5.74) is 0. The zero-order valence-corrected chi connectivity index (χ0v) is 19.6. The number of nitrogens with one attached hydrogen (secondary N) is 2. The van der Waals surface area contributed by atoms with Gasteiger partial charge in [0, 0.05) is 58.5 Å². The van der Waals surface area contributed by atoms with Gasteiger partial charge in [-0.2, -0.15) is 0 Å². The van der Waals surface area contributed by atoms with Crippen molar-refractivity contribution in [3.05, 3.63) is 0 Å². The fraction of sp³-hybridized carbons (Fsp3) is 0.944. The Morgan fingerprint density at radius 2 is 2.15 bits per heavy atom. The molecule has 2 N–H and O–H groups in total. The lowest BCUT2D eigenvalue weighted by molar-refractivity contribution is -0.0165. The van der Waals surface area contributed by atoms with Crippen LogP contribution < -0.4 is 10.6 Å². The molecule has 26 heavy (non-hydrogen) atoms. The first-order chi connectivity index (χ1) is 12.1. The molecule has 1 rings (SSSR count). The third-order valence-electron chi connectivity index (χ3n) is 4.52. The zero-order valence-electron chi connectivity index (χ0n) is 17.3.